The summed E-state index contributed by atoms with van der Waals surface area (Å²) >= 11 is 2.42. The molecule has 1 aromatic carbocycles. The highest BCUT2D eigenvalue weighted by molar-refractivity contribution is 7.94. The maximum Gasteiger partial charge on any atom is 0.277 e. The molecule has 1 aliphatic rings. The highest BCUT2D eigenvalue weighted by Crippen LogP contribution is 2.30. The number of nitrogens with one attached hydrogen (secondary N) is 2. The number of hydrogen-bond acceptors (Lipinski definition) is 10. The quantitative estimate of drug-likeness (QED) is 0.251. The molecule has 37 heavy (non-hydrogen) atoms. The number of fused-ring (bicyclic) bond motifs is 2. The van der Waals surface area contributed by atoms with Gasteiger partial charge in [0, 0.05) is 32.7 Å². The minimum Gasteiger partial charge on any atom is -0.379 e. The van der Waals surface area contributed by atoms with Crippen LogP contribution in [0.3, 0.4) is 0 Å². The molecule has 0 bridgehead atoms. The summed E-state index contributed by atoms with van der Waals surface area (Å²) in [4.78, 5) is 19.7. The Bertz CT molecular complexity index is 1480. The summed E-state index contributed by atoms with van der Waals surface area (Å²) in [5.41, 5.74) is 7.88. The van der Waals surface area contributed by atoms with Crippen LogP contribution in [0.4, 0.5) is 10.8 Å². The van der Waals surface area contributed by atoms with E-state index >= 15 is 0 Å². The number of carbonyl (C=O) groups excluding carboxylic acids is 1. The van der Waals surface area contributed by atoms with Crippen LogP contribution in [0.15, 0.2) is 46.0 Å². The second-order valence-corrected chi connectivity index (χ2v) is 12.4. The molecule has 196 valence electrons. The lowest BCUT2D eigenvalue weighted by atomic mass is 10.3. The normalized spacial score (nSPS) is 14.4. The summed E-state index contributed by atoms with van der Waals surface area (Å²) in [5, 5.41) is 9.48. The summed E-state index contributed by atoms with van der Waals surface area (Å²) in [6, 6.07) is 10.1. The van der Waals surface area contributed by atoms with Crippen LogP contribution in [0.25, 0.3) is 10.2 Å². The first-order chi connectivity index (χ1) is 17.9. The minimum atomic E-state index is -3.65. The number of benzene rings is 1. The van der Waals surface area contributed by atoms with E-state index in [4.69, 9.17) is 10.5 Å². The topological polar surface area (TPSA) is 144 Å². The molecule has 0 unspecified atom stereocenters. The van der Waals surface area contributed by atoms with Gasteiger partial charge in [-0.25, -0.2) is 13.4 Å². The first-order valence-corrected chi connectivity index (χ1v) is 14.9. The zero-order valence-corrected chi connectivity index (χ0v) is 22.4. The van der Waals surface area contributed by atoms with Gasteiger partial charge in [-0.2, -0.15) is 5.10 Å². The van der Waals surface area contributed by atoms with Gasteiger partial charge in [0.25, 0.3) is 15.9 Å². The second kappa shape index (κ2) is 11.2. The van der Waals surface area contributed by atoms with Gasteiger partial charge in [-0.3, -0.25) is 24.4 Å². The number of thiazole rings is 1. The van der Waals surface area contributed by atoms with Gasteiger partial charge in [0.15, 0.2) is 10.8 Å². The third-order valence-electron chi connectivity index (χ3n) is 5.76. The predicted octanol–water partition coefficient (Wildman–Crippen LogP) is 2.79. The molecule has 0 radical (unpaired) electrons. The lowest BCUT2D eigenvalue weighted by Gasteiger charge is -2.19. The largest absolute Gasteiger partial charge is 0.379 e. The van der Waals surface area contributed by atoms with Crippen LogP contribution in [0.1, 0.15) is 22.6 Å². The molecule has 0 fully saturated rings. The third-order valence-corrected chi connectivity index (χ3v) is 9.47. The Balaban J connectivity index is 1.25. The molecule has 0 saturated carbocycles. The van der Waals surface area contributed by atoms with Gasteiger partial charge in [-0.1, -0.05) is 17.4 Å². The van der Waals surface area contributed by atoms with Crippen LogP contribution in [-0.4, -0.2) is 66.8 Å². The van der Waals surface area contributed by atoms with E-state index in [1.807, 2.05) is 10.7 Å². The molecule has 3 aromatic heterocycles. The van der Waals surface area contributed by atoms with E-state index < -0.39 is 10.0 Å². The number of nitrogens with zero attached hydrogens (tertiary/aromatic N) is 4. The standard InChI is InChI=1S/C23H27N7O4S3/c24-6-10-34-11-9-29-7-2-8-30-17(15-29)14-19(27-30)22(31)26-23-25-18-5-4-16(13-20(18)36-23)28-37(32,33)21-3-1-12-35-21/h1,3-5,12-14,28H,2,6-11,15,24H2,(H,25,26,31). The van der Waals surface area contributed by atoms with Gasteiger partial charge < -0.3 is 10.5 Å². The Morgan fingerprint density at radius 3 is 2.89 bits per heavy atom. The number of aryl methyl sites for hydroxylation is 1. The minimum absolute atomic E-state index is 0.242. The van der Waals surface area contributed by atoms with Gasteiger partial charge in [-0.05, 0) is 42.1 Å². The van der Waals surface area contributed by atoms with Crippen molar-refractivity contribution in [2.24, 2.45) is 5.73 Å². The van der Waals surface area contributed by atoms with Crippen LogP contribution in [-0.2, 0) is 27.8 Å². The average molecular weight is 562 g/mol. The lowest BCUT2D eigenvalue weighted by molar-refractivity contribution is 0.102. The van der Waals surface area contributed by atoms with Crippen LogP contribution in [0.5, 0.6) is 0 Å². The second-order valence-electron chi connectivity index (χ2n) is 8.47. The van der Waals surface area contributed by atoms with Gasteiger partial charge in [0.05, 0.1) is 34.8 Å². The molecule has 4 heterocycles. The zero-order valence-electron chi connectivity index (χ0n) is 19.9. The van der Waals surface area contributed by atoms with E-state index in [0.717, 1.165) is 47.8 Å². The SMILES string of the molecule is NCCOCCN1CCCn2nc(C(=O)Nc3nc4ccc(NS(=O)(=O)c5cccs5)cc4s3)cc2C1. The fraction of sp³-hybridized carbons (Fsp3) is 0.348. The van der Waals surface area contributed by atoms with E-state index in [1.54, 1.807) is 35.7 Å². The number of rotatable bonds is 10. The summed E-state index contributed by atoms with van der Waals surface area (Å²) in [6.45, 7) is 4.85. The van der Waals surface area contributed by atoms with E-state index in [-0.39, 0.29) is 10.1 Å². The Labute approximate surface area is 222 Å². The number of sulfonamides is 1. The van der Waals surface area contributed by atoms with Crippen molar-refractivity contribution in [1.82, 2.24) is 19.7 Å². The fourth-order valence-corrected chi connectivity index (χ4v) is 6.98. The van der Waals surface area contributed by atoms with E-state index in [0.29, 0.717) is 48.3 Å². The molecule has 1 amide bonds. The number of ether oxygens (including phenoxy) is 1. The molecule has 4 N–H and O–H groups in total. The molecule has 0 aliphatic carbocycles. The molecular formula is C23H27N7O4S3. The molecule has 0 spiro atoms. The molecule has 5 rings (SSSR count). The highest BCUT2D eigenvalue weighted by atomic mass is 32.2. The number of carbonyl (C=O) groups is 1. The van der Waals surface area contributed by atoms with Crippen LogP contribution in [0.2, 0.25) is 0 Å². The van der Waals surface area contributed by atoms with Crippen molar-refractivity contribution >= 4 is 59.6 Å². The van der Waals surface area contributed by atoms with Gasteiger partial charge in [-0.15, -0.1) is 11.3 Å². The fourth-order valence-electron chi connectivity index (χ4n) is 4.03. The third kappa shape index (κ3) is 6.17. The summed E-state index contributed by atoms with van der Waals surface area (Å²) in [6.07, 6.45) is 0.934. The Morgan fingerprint density at radius 1 is 1.19 bits per heavy atom. The first-order valence-electron chi connectivity index (χ1n) is 11.8. The molecule has 0 atom stereocenters. The number of thiophene rings is 1. The predicted molar refractivity (Wildman–Crippen MR) is 145 cm³/mol. The summed E-state index contributed by atoms with van der Waals surface area (Å²) < 4.78 is 36.0. The number of hydrogen-bond donors (Lipinski definition) is 3. The number of anilines is 2. The monoisotopic (exact) mass is 561 g/mol. The van der Waals surface area contributed by atoms with Crippen molar-refractivity contribution < 1.29 is 17.9 Å². The van der Waals surface area contributed by atoms with Crippen molar-refractivity contribution in [3.05, 3.63) is 53.2 Å². The summed E-state index contributed by atoms with van der Waals surface area (Å²) in [5.74, 6) is -0.337. The molecule has 1 aliphatic heterocycles. The van der Waals surface area contributed by atoms with Gasteiger partial charge in [0.1, 0.15) is 4.21 Å². The van der Waals surface area contributed by atoms with E-state index in [1.165, 1.54) is 11.3 Å². The summed E-state index contributed by atoms with van der Waals surface area (Å²) in [7, 11) is -3.65. The molecule has 14 heteroatoms. The number of amides is 1. The first kappa shape index (κ1) is 25.8. The van der Waals surface area contributed by atoms with Gasteiger partial charge in [0.2, 0.25) is 0 Å². The van der Waals surface area contributed by atoms with Crippen LogP contribution >= 0.6 is 22.7 Å². The smallest absolute Gasteiger partial charge is 0.277 e. The van der Waals surface area contributed by atoms with Crippen LogP contribution < -0.4 is 15.8 Å². The van der Waals surface area contributed by atoms with E-state index in [9.17, 15) is 13.2 Å². The lowest BCUT2D eigenvalue weighted by Crippen LogP contribution is -2.28. The van der Waals surface area contributed by atoms with Crippen molar-refractivity contribution in [1.29, 1.82) is 0 Å². The Morgan fingerprint density at radius 2 is 2.08 bits per heavy atom. The van der Waals surface area contributed by atoms with Crippen molar-refractivity contribution in [2.45, 2.75) is 23.7 Å². The average Bonchev–Trinajstić information content (AvgIpc) is 3.60. The van der Waals surface area contributed by atoms with Crippen molar-refractivity contribution in [2.75, 3.05) is 42.9 Å². The maximum absolute atomic E-state index is 12.9. The van der Waals surface area contributed by atoms with Gasteiger partial charge >= 0.3 is 0 Å². The Kier molecular flexibility index (Phi) is 7.83. The Hall–Kier alpha value is -2.88. The molecule has 4 aromatic rings. The maximum atomic E-state index is 12.9. The van der Waals surface area contributed by atoms with Crippen molar-refractivity contribution in [3.8, 4) is 0 Å². The molecule has 11 nitrogen and oxygen atoms in total. The van der Waals surface area contributed by atoms with Crippen molar-refractivity contribution in [3.63, 3.8) is 0 Å². The molecule has 0 saturated heterocycles. The van der Waals surface area contributed by atoms with Crippen LogP contribution in [0, 0.1) is 0 Å². The number of nitrogens with two attached hydrogens (primary N) is 1. The van der Waals surface area contributed by atoms with E-state index in [2.05, 4.69) is 25.0 Å². The molecular weight excluding hydrogens is 534 g/mol. The number of aromatic nitrogens is 3. The highest BCUT2D eigenvalue weighted by Gasteiger charge is 2.21. The zero-order chi connectivity index (χ0) is 25.8.